The van der Waals surface area contributed by atoms with Gasteiger partial charge in [0.25, 0.3) is 5.91 Å². The van der Waals surface area contributed by atoms with Crippen molar-refractivity contribution in [2.45, 2.75) is 64.0 Å². The molecule has 0 aromatic carbocycles. The molecule has 1 rings (SSSR count). The first kappa shape index (κ1) is 19.6. The van der Waals surface area contributed by atoms with Crippen LogP contribution in [0.2, 0.25) is 0 Å². The smallest absolute Gasteiger partial charge is 0.267 e. The average Bonchev–Trinajstić information content (AvgIpc) is 2.52. The number of carbonyl (C=O) groups excluding carboxylic acids is 2. The quantitative estimate of drug-likeness (QED) is 0.579. The molecule has 0 spiro atoms. The highest BCUT2D eigenvalue weighted by Gasteiger charge is 2.23. The van der Waals surface area contributed by atoms with Gasteiger partial charge in [0.1, 0.15) is 5.71 Å². The minimum atomic E-state index is -3.12. The van der Waals surface area contributed by atoms with Crippen LogP contribution in [0.4, 0.5) is 0 Å². The Bertz CT molecular complexity index is 537. The van der Waals surface area contributed by atoms with Crippen molar-refractivity contribution in [3.63, 3.8) is 0 Å². The van der Waals surface area contributed by atoms with Crippen molar-refractivity contribution in [3.05, 3.63) is 0 Å². The lowest BCUT2D eigenvalue weighted by Gasteiger charge is -2.16. The fourth-order valence-corrected chi connectivity index (χ4v) is 4.60. The van der Waals surface area contributed by atoms with Crippen LogP contribution in [0.25, 0.3) is 0 Å². The Hall–Kier alpha value is -1.44. The van der Waals surface area contributed by atoms with E-state index in [1.807, 2.05) is 13.8 Å². The standard InChI is InChI=1S/C15H27N3O4S/c1-3-6-12(7-4-2)23(21,22)11-5-10-16-15(20)13-8-9-14(19)18-17-13/h12H,3-11H2,1-2H3,(H,16,20)(H,18,19). The largest absolute Gasteiger partial charge is 0.351 e. The predicted octanol–water partition coefficient (Wildman–Crippen LogP) is 1.14. The molecule has 8 heteroatoms. The van der Waals surface area contributed by atoms with Gasteiger partial charge in [0, 0.05) is 19.4 Å². The molecule has 2 N–H and O–H groups in total. The lowest BCUT2D eigenvalue weighted by Crippen LogP contribution is -2.37. The fraction of sp³-hybridized carbons (Fsp3) is 0.800. The van der Waals surface area contributed by atoms with Gasteiger partial charge in [-0.3, -0.25) is 9.59 Å². The summed E-state index contributed by atoms with van der Waals surface area (Å²) in [6.07, 6.45) is 4.04. The fourth-order valence-electron chi connectivity index (χ4n) is 2.53. The summed E-state index contributed by atoms with van der Waals surface area (Å²) < 4.78 is 24.6. The van der Waals surface area contributed by atoms with Gasteiger partial charge in [0.05, 0.1) is 11.0 Å². The summed E-state index contributed by atoms with van der Waals surface area (Å²) in [7, 11) is -3.12. The topological polar surface area (TPSA) is 105 Å². The van der Waals surface area contributed by atoms with Crippen molar-refractivity contribution < 1.29 is 18.0 Å². The van der Waals surface area contributed by atoms with E-state index in [9.17, 15) is 18.0 Å². The third-order valence-electron chi connectivity index (χ3n) is 3.79. The van der Waals surface area contributed by atoms with Gasteiger partial charge in [-0.05, 0) is 19.3 Å². The molecule has 0 aliphatic carbocycles. The van der Waals surface area contributed by atoms with Crippen LogP contribution >= 0.6 is 0 Å². The first-order valence-corrected chi connectivity index (χ1v) is 9.97. The van der Waals surface area contributed by atoms with Crippen molar-refractivity contribution in [1.29, 1.82) is 0 Å². The second-order valence-corrected chi connectivity index (χ2v) is 8.17. The Morgan fingerprint density at radius 3 is 2.43 bits per heavy atom. The number of hydrogen-bond donors (Lipinski definition) is 2. The number of rotatable bonds is 10. The summed E-state index contributed by atoms with van der Waals surface area (Å²) in [4.78, 5) is 22.8. The van der Waals surface area contributed by atoms with Gasteiger partial charge >= 0.3 is 0 Å². The summed E-state index contributed by atoms with van der Waals surface area (Å²) in [5.74, 6) is -0.465. The highest BCUT2D eigenvalue weighted by atomic mass is 32.2. The van der Waals surface area contributed by atoms with Gasteiger partial charge in [-0.15, -0.1) is 0 Å². The molecule has 7 nitrogen and oxygen atoms in total. The molecule has 0 fully saturated rings. The summed E-state index contributed by atoms with van der Waals surface area (Å²) in [5, 5.41) is 6.09. The third kappa shape index (κ3) is 6.68. The van der Waals surface area contributed by atoms with E-state index in [0.29, 0.717) is 25.7 Å². The summed E-state index contributed by atoms with van der Waals surface area (Å²) in [6.45, 7) is 4.26. The Kier molecular flexibility index (Phi) is 8.22. The van der Waals surface area contributed by atoms with Gasteiger partial charge in [-0.1, -0.05) is 26.7 Å². The van der Waals surface area contributed by atoms with E-state index in [1.165, 1.54) is 0 Å². The van der Waals surface area contributed by atoms with Crippen molar-refractivity contribution >= 4 is 27.4 Å². The number of nitrogens with one attached hydrogen (secondary N) is 2. The van der Waals surface area contributed by atoms with E-state index in [-0.39, 0.29) is 41.5 Å². The maximum absolute atomic E-state index is 12.3. The van der Waals surface area contributed by atoms with E-state index in [4.69, 9.17) is 0 Å². The molecule has 0 aromatic heterocycles. The zero-order valence-electron chi connectivity index (χ0n) is 13.9. The normalized spacial score (nSPS) is 15.3. The van der Waals surface area contributed by atoms with Crippen LogP contribution in [0.15, 0.2) is 5.10 Å². The third-order valence-corrected chi connectivity index (χ3v) is 6.13. The molecule has 2 amide bonds. The van der Waals surface area contributed by atoms with Gasteiger partial charge in [-0.2, -0.15) is 5.10 Å². The first-order chi connectivity index (χ1) is 10.9. The second-order valence-electron chi connectivity index (χ2n) is 5.77. The van der Waals surface area contributed by atoms with Crippen molar-refractivity contribution in [2.24, 2.45) is 5.10 Å². The molecule has 132 valence electrons. The molecule has 23 heavy (non-hydrogen) atoms. The van der Waals surface area contributed by atoms with E-state index >= 15 is 0 Å². The first-order valence-electron chi connectivity index (χ1n) is 8.25. The Balaban J connectivity index is 2.38. The Morgan fingerprint density at radius 1 is 1.26 bits per heavy atom. The lowest BCUT2D eigenvalue weighted by atomic mass is 10.1. The molecule has 1 aliphatic heterocycles. The molecule has 0 radical (unpaired) electrons. The molecule has 0 unspecified atom stereocenters. The van der Waals surface area contributed by atoms with Gasteiger partial charge in [-0.25, -0.2) is 13.8 Å². The van der Waals surface area contributed by atoms with Crippen LogP contribution in [-0.2, 0) is 19.4 Å². The molecule has 0 saturated heterocycles. The minimum absolute atomic E-state index is 0.0845. The van der Waals surface area contributed by atoms with Crippen molar-refractivity contribution in [1.82, 2.24) is 10.7 Å². The number of sulfone groups is 1. The van der Waals surface area contributed by atoms with Crippen LogP contribution in [0.3, 0.4) is 0 Å². The van der Waals surface area contributed by atoms with Gasteiger partial charge in [0.15, 0.2) is 9.84 Å². The van der Waals surface area contributed by atoms with E-state index in [1.54, 1.807) is 0 Å². The maximum atomic E-state index is 12.3. The number of amides is 2. The zero-order valence-corrected chi connectivity index (χ0v) is 14.7. The van der Waals surface area contributed by atoms with Crippen LogP contribution < -0.4 is 10.7 Å². The van der Waals surface area contributed by atoms with Crippen molar-refractivity contribution in [2.75, 3.05) is 12.3 Å². The summed E-state index contributed by atoms with van der Waals surface area (Å²) in [5.41, 5.74) is 2.54. The molecule has 0 atom stereocenters. The minimum Gasteiger partial charge on any atom is -0.351 e. The summed E-state index contributed by atoms with van der Waals surface area (Å²) >= 11 is 0. The number of nitrogens with zero attached hydrogens (tertiary/aromatic N) is 1. The lowest BCUT2D eigenvalue weighted by molar-refractivity contribution is -0.121. The zero-order chi connectivity index (χ0) is 17.3. The Morgan fingerprint density at radius 2 is 1.91 bits per heavy atom. The van der Waals surface area contributed by atoms with E-state index in [2.05, 4.69) is 15.8 Å². The average molecular weight is 345 g/mol. The number of hydrazone groups is 1. The van der Waals surface area contributed by atoms with Crippen LogP contribution in [-0.4, -0.2) is 43.5 Å². The molecule has 1 aliphatic rings. The highest BCUT2D eigenvalue weighted by Crippen LogP contribution is 2.16. The van der Waals surface area contributed by atoms with Crippen molar-refractivity contribution in [3.8, 4) is 0 Å². The maximum Gasteiger partial charge on any atom is 0.267 e. The van der Waals surface area contributed by atoms with Crippen LogP contribution in [0.5, 0.6) is 0 Å². The molecule has 0 aromatic rings. The van der Waals surface area contributed by atoms with Crippen LogP contribution in [0.1, 0.15) is 58.8 Å². The van der Waals surface area contributed by atoms with E-state index < -0.39 is 9.84 Å². The molecular weight excluding hydrogens is 318 g/mol. The highest BCUT2D eigenvalue weighted by molar-refractivity contribution is 7.92. The monoisotopic (exact) mass is 345 g/mol. The van der Waals surface area contributed by atoms with Gasteiger partial charge < -0.3 is 5.32 Å². The van der Waals surface area contributed by atoms with Crippen LogP contribution in [0, 0.1) is 0 Å². The summed E-state index contributed by atoms with van der Waals surface area (Å²) in [6, 6.07) is 0. The molecule has 0 bridgehead atoms. The molecule has 1 heterocycles. The SMILES string of the molecule is CCCC(CCC)S(=O)(=O)CCCNC(=O)C1=NNC(=O)CC1. The second kappa shape index (κ2) is 9.64. The predicted molar refractivity (Wildman–Crippen MR) is 89.8 cm³/mol. The van der Waals surface area contributed by atoms with Gasteiger partial charge in [0.2, 0.25) is 5.91 Å². The Labute approximate surface area is 138 Å². The number of hydrogen-bond acceptors (Lipinski definition) is 5. The number of carbonyl (C=O) groups is 2. The van der Waals surface area contributed by atoms with E-state index in [0.717, 1.165) is 12.8 Å². The molecule has 0 saturated carbocycles. The molecular formula is C15H27N3O4S.